The van der Waals surface area contributed by atoms with Crippen molar-refractivity contribution >= 4 is 17.2 Å². The Balaban J connectivity index is 1.94. The van der Waals surface area contributed by atoms with Crippen LogP contribution in [0.5, 0.6) is 0 Å². The summed E-state index contributed by atoms with van der Waals surface area (Å²) in [7, 11) is 0. The number of nitrogens with one attached hydrogen (secondary N) is 1. The molecule has 0 aliphatic carbocycles. The van der Waals surface area contributed by atoms with Gasteiger partial charge in [0, 0.05) is 12.4 Å². The number of aromatic nitrogens is 3. The molecule has 4 nitrogen and oxygen atoms in total. The van der Waals surface area contributed by atoms with Crippen molar-refractivity contribution in [1.29, 1.82) is 0 Å². The molecule has 0 radical (unpaired) electrons. The zero-order valence-electron chi connectivity index (χ0n) is 8.86. The fraction of sp³-hybridized carbons (Fsp3) is 0.455. The van der Waals surface area contributed by atoms with Crippen LogP contribution in [0.4, 0.5) is 0 Å². The lowest BCUT2D eigenvalue weighted by atomic mass is 10.0. The van der Waals surface area contributed by atoms with Crippen molar-refractivity contribution in [3.05, 3.63) is 29.2 Å². The summed E-state index contributed by atoms with van der Waals surface area (Å²) in [5.41, 5.74) is 1.72. The molecule has 3 rings (SSSR count). The van der Waals surface area contributed by atoms with E-state index in [2.05, 4.69) is 15.4 Å². The Morgan fingerprint density at radius 1 is 1.56 bits per heavy atom. The first-order valence-electron chi connectivity index (χ1n) is 5.53. The van der Waals surface area contributed by atoms with Gasteiger partial charge in [0.1, 0.15) is 5.02 Å². The van der Waals surface area contributed by atoms with E-state index in [0.29, 0.717) is 10.9 Å². The minimum Gasteiger partial charge on any atom is -0.316 e. The smallest absolute Gasteiger partial charge is 0.174 e. The zero-order valence-corrected chi connectivity index (χ0v) is 9.61. The maximum Gasteiger partial charge on any atom is 0.174 e. The molecule has 0 saturated carbocycles. The van der Waals surface area contributed by atoms with Crippen LogP contribution in [0.1, 0.15) is 12.1 Å². The first-order chi connectivity index (χ1) is 7.84. The average molecular weight is 237 g/mol. The lowest BCUT2D eigenvalue weighted by molar-refractivity contribution is 0.569. The summed E-state index contributed by atoms with van der Waals surface area (Å²) in [6.45, 7) is 2.17. The molecule has 2 aromatic rings. The molecule has 1 aliphatic rings. The molecule has 5 heteroatoms. The Morgan fingerprint density at radius 3 is 3.25 bits per heavy atom. The van der Waals surface area contributed by atoms with Crippen molar-refractivity contribution in [3.8, 4) is 0 Å². The molecule has 1 N–H and O–H groups in total. The van der Waals surface area contributed by atoms with E-state index in [9.17, 15) is 0 Å². The second-order valence-electron chi connectivity index (χ2n) is 4.21. The second-order valence-corrected chi connectivity index (χ2v) is 4.59. The second kappa shape index (κ2) is 4.03. The van der Waals surface area contributed by atoms with Gasteiger partial charge in [-0.1, -0.05) is 11.6 Å². The number of hydrogen-bond donors (Lipinski definition) is 1. The van der Waals surface area contributed by atoms with Crippen LogP contribution in [0.15, 0.2) is 18.5 Å². The number of nitrogens with zero attached hydrogens (tertiary/aromatic N) is 3. The van der Waals surface area contributed by atoms with Crippen LogP contribution in [-0.2, 0) is 6.42 Å². The molecule has 1 fully saturated rings. The molecule has 0 bridgehead atoms. The maximum absolute atomic E-state index is 6.27. The van der Waals surface area contributed by atoms with Crippen molar-refractivity contribution in [2.75, 3.05) is 13.1 Å². The zero-order chi connectivity index (χ0) is 11.0. The highest BCUT2D eigenvalue weighted by atomic mass is 35.5. The number of hydrogen-bond acceptors (Lipinski definition) is 3. The summed E-state index contributed by atoms with van der Waals surface area (Å²) < 4.78 is 1.75. The summed E-state index contributed by atoms with van der Waals surface area (Å²) in [6, 6.07) is 1.86. The third-order valence-corrected chi connectivity index (χ3v) is 3.44. The normalized spacial score (nSPS) is 20.7. The highest BCUT2D eigenvalue weighted by molar-refractivity contribution is 6.34. The van der Waals surface area contributed by atoms with Gasteiger partial charge in [-0.3, -0.25) is 0 Å². The summed E-state index contributed by atoms with van der Waals surface area (Å²) in [5, 5.41) is 8.52. The third kappa shape index (κ3) is 1.68. The topological polar surface area (TPSA) is 42.2 Å². The summed E-state index contributed by atoms with van der Waals surface area (Å²) >= 11 is 6.27. The molecule has 1 saturated heterocycles. The molecule has 0 spiro atoms. The number of rotatable bonds is 2. The quantitative estimate of drug-likeness (QED) is 0.860. The Kier molecular flexibility index (Phi) is 2.53. The molecule has 0 amide bonds. The van der Waals surface area contributed by atoms with Gasteiger partial charge in [0.25, 0.3) is 0 Å². The first kappa shape index (κ1) is 10.1. The van der Waals surface area contributed by atoms with E-state index in [1.54, 1.807) is 10.7 Å². The minimum absolute atomic E-state index is 0.655. The van der Waals surface area contributed by atoms with Crippen LogP contribution in [-0.4, -0.2) is 27.7 Å². The van der Waals surface area contributed by atoms with Crippen LogP contribution in [0, 0.1) is 5.92 Å². The van der Waals surface area contributed by atoms with E-state index in [1.165, 1.54) is 6.42 Å². The molecule has 84 valence electrons. The predicted molar refractivity (Wildman–Crippen MR) is 62.7 cm³/mol. The lowest BCUT2D eigenvalue weighted by Crippen LogP contribution is -2.11. The Bertz CT molecular complexity index is 502. The van der Waals surface area contributed by atoms with Crippen molar-refractivity contribution in [2.45, 2.75) is 12.8 Å². The molecular formula is C11H13ClN4. The van der Waals surface area contributed by atoms with Gasteiger partial charge in [0.2, 0.25) is 0 Å². The molecule has 0 aromatic carbocycles. The molecule has 1 atom stereocenters. The summed E-state index contributed by atoms with van der Waals surface area (Å²) in [4.78, 5) is 4.23. The van der Waals surface area contributed by atoms with Gasteiger partial charge in [-0.2, -0.15) is 5.10 Å². The Morgan fingerprint density at radius 2 is 2.50 bits per heavy atom. The van der Waals surface area contributed by atoms with Crippen LogP contribution in [0.2, 0.25) is 5.02 Å². The molecule has 16 heavy (non-hydrogen) atoms. The molecule has 1 aliphatic heterocycles. The minimum atomic E-state index is 0.655. The van der Waals surface area contributed by atoms with E-state index in [1.807, 2.05) is 12.3 Å². The van der Waals surface area contributed by atoms with Crippen molar-refractivity contribution in [2.24, 2.45) is 5.92 Å². The lowest BCUT2D eigenvalue weighted by Gasteiger charge is -2.04. The predicted octanol–water partition coefficient (Wildman–Crippen LogP) is 1.53. The van der Waals surface area contributed by atoms with Crippen molar-refractivity contribution < 1.29 is 0 Å². The van der Waals surface area contributed by atoms with Gasteiger partial charge < -0.3 is 5.32 Å². The van der Waals surface area contributed by atoms with E-state index in [0.717, 1.165) is 30.9 Å². The Labute approximate surface area is 98.6 Å². The van der Waals surface area contributed by atoms with Crippen molar-refractivity contribution in [3.63, 3.8) is 0 Å². The molecule has 1 unspecified atom stereocenters. The van der Waals surface area contributed by atoms with Crippen LogP contribution >= 0.6 is 11.6 Å². The first-order valence-corrected chi connectivity index (χ1v) is 5.91. The highest BCUT2D eigenvalue weighted by Gasteiger charge is 2.19. The van der Waals surface area contributed by atoms with Crippen LogP contribution in [0.3, 0.4) is 0 Å². The van der Waals surface area contributed by atoms with E-state index >= 15 is 0 Å². The molecular weight excluding hydrogens is 224 g/mol. The average Bonchev–Trinajstić information content (AvgIpc) is 2.90. The van der Waals surface area contributed by atoms with Gasteiger partial charge in [-0.15, -0.1) is 0 Å². The standard InChI is InChI=1S/C11H13ClN4/c12-10-9(6-8-2-4-13-7-8)15-16-5-1-3-14-11(10)16/h1,3,5,8,13H,2,4,6-7H2. The highest BCUT2D eigenvalue weighted by Crippen LogP contribution is 2.24. The van der Waals surface area contributed by atoms with Crippen molar-refractivity contribution in [1.82, 2.24) is 19.9 Å². The van der Waals surface area contributed by atoms with Crippen LogP contribution < -0.4 is 5.32 Å². The molecule has 3 heterocycles. The van der Waals surface area contributed by atoms with E-state index in [4.69, 9.17) is 11.6 Å². The van der Waals surface area contributed by atoms with Gasteiger partial charge in [-0.05, 0) is 37.9 Å². The number of halogens is 1. The monoisotopic (exact) mass is 236 g/mol. The van der Waals surface area contributed by atoms with Crippen LogP contribution in [0.25, 0.3) is 5.65 Å². The van der Waals surface area contributed by atoms with E-state index < -0.39 is 0 Å². The van der Waals surface area contributed by atoms with E-state index in [-0.39, 0.29) is 0 Å². The third-order valence-electron chi connectivity index (χ3n) is 3.05. The Hall–Kier alpha value is -1.13. The summed E-state index contributed by atoms with van der Waals surface area (Å²) in [6.07, 6.45) is 5.77. The molecule has 2 aromatic heterocycles. The van der Waals surface area contributed by atoms with Gasteiger partial charge in [0.15, 0.2) is 5.65 Å². The van der Waals surface area contributed by atoms with Gasteiger partial charge in [-0.25, -0.2) is 9.50 Å². The fourth-order valence-corrected chi connectivity index (χ4v) is 2.45. The van der Waals surface area contributed by atoms with Gasteiger partial charge in [0.05, 0.1) is 5.69 Å². The SMILES string of the molecule is Clc1c(CC2CCNC2)nn2cccnc12. The largest absolute Gasteiger partial charge is 0.316 e. The fourth-order valence-electron chi connectivity index (χ4n) is 2.20. The maximum atomic E-state index is 6.27. The summed E-state index contributed by atoms with van der Waals surface area (Å²) in [5.74, 6) is 0.655. The number of fused-ring (bicyclic) bond motifs is 1. The van der Waals surface area contributed by atoms with Gasteiger partial charge >= 0.3 is 0 Å².